The Morgan fingerprint density at radius 1 is 1.15 bits per heavy atom. The second-order valence-electron chi connectivity index (χ2n) is 6.30. The zero-order valence-electron chi connectivity index (χ0n) is 15.8. The summed E-state index contributed by atoms with van der Waals surface area (Å²) in [6.07, 6.45) is 0.947. The van der Waals surface area contributed by atoms with E-state index in [0.717, 1.165) is 16.6 Å². The minimum absolute atomic E-state index is 0.0151. The maximum absolute atomic E-state index is 12.6. The van der Waals surface area contributed by atoms with Gasteiger partial charge in [-0.3, -0.25) is 14.2 Å². The van der Waals surface area contributed by atoms with Gasteiger partial charge >= 0.3 is 4.87 Å². The fourth-order valence-corrected chi connectivity index (χ4v) is 3.95. The Kier molecular flexibility index (Phi) is 5.96. The van der Waals surface area contributed by atoms with Crippen molar-refractivity contribution >= 4 is 33.1 Å². The number of nitrogens with zero attached hydrogens (tertiary/aromatic N) is 1. The van der Waals surface area contributed by atoms with Crippen molar-refractivity contribution in [2.45, 2.75) is 46.3 Å². The molecule has 0 fully saturated rings. The number of carbonyl (C=O) groups excluding carboxylic acids is 1. The Balaban J connectivity index is 1.73. The number of aromatic nitrogens is 1. The molecule has 0 aliphatic heterocycles. The molecule has 0 saturated heterocycles. The summed E-state index contributed by atoms with van der Waals surface area (Å²) in [5, 5.41) is 2.91. The Hall–Kier alpha value is -2.60. The molecule has 1 atom stereocenters. The minimum Gasteiger partial charge on any atom is -0.481 e. The van der Waals surface area contributed by atoms with Crippen LogP contribution in [-0.2, 0) is 17.8 Å². The number of rotatable bonds is 7. The standard InChI is InChI=1S/C21H24N2O3S/c1-4-14-7-10-16(11-8-14)26-18(5-2)20(24)22-15-9-12-17-19(13-15)27-21(25)23(17)6-3/h7-13,18H,4-6H2,1-3H3,(H,22,24)/t18-/m1/s1. The zero-order valence-corrected chi connectivity index (χ0v) is 16.6. The highest BCUT2D eigenvalue weighted by atomic mass is 32.1. The number of thiazole rings is 1. The van der Waals surface area contributed by atoms with Crippen molar-refractivity contribution in [2.75, 3.05) is 5.32 Å². The van der Waals surface area contributed by atoms with E-state index in [9.17, 15) is 9.59 Å². The number of hydrogen-bond donors (Lipinski definition) is 1. The zero-order chi connectivity index (χ0) is 19.4. The number of nitrogens with one attached hydrogen (secondary N) is 1. The van der Waals surface area contributed by atoms with Crippen LogP contribution in [0, 0.1) is 0 Å². The van der Waals surface area contributed by atoms with E-state index in [1.807, 2.05) is 56.3 Å². The summed E-state index contributed by atoms with van der Waals surface area (Å²) >= 11 is 1.19. The molecule has 1 N–H and O–H groups in total. The van der Waals surface area contributed by atoms with Gasteiger partial charge < -0.3 is 10.1 Å². The summed E-state index contributed by atoms with van der Waals surface area (Å²) in [5.74, 6) is 0.488. The van der Waals surface area contributed by atoms with Crippen LogP contribution in [0.25, 0.3) is 10.2 Å². The van der Waals surface area contributed by atoms with E-state index in [-0.39, 0.29) is 10.8 Å². The first kappa shape index (κ1) is 19.2. The molecule has 5 nitrogen and oxygen atoms in total. The van der Waals surface area contributed by atoms with Crippen molar-refractivity contribution in [1.29, 1.82) is 0 Å². The predicted molar refractivity (Wildman–Crippen MR) is 111 cm³/mol. The Bertz CT molecular complexity index is 989. The number of benzene rings is 2. The third kappa shape index (κ3) is 4.22. The van der Waals surface area contributed by atoms with Crippen molar-refractivity contribution in [3.63, 3.8) is 0 Å². The van der Waals surface area contributed by atoms with E-state index in [0.29, 0.717) is 24.4 Å². The number of carbonyl (C=O) groups is 1. The number of fused-ring (bicyclic) bond motifs is 1. The van der Waals surface area contributed by atoms with Crippen LogP contribution in [0.5, 0.6) is 5.75 Å². The molecule has 0 aliphatic carbocycles. The summed E-state index contributed by atoms with van der Waals surface area (Å²) in [4.78, 5) is 24.6. The molecule has 27 heavy (non-hydrogen) atoms. The lowest BCUT2D eigenvalue weighted by Crippen LogP contribution is -2.32. The van der Waals surface area contributed by atoms with E-state index in [2.05, 4.69) is 12.2 Å². The van der Waals surface area contributed by atoms with Crippen LogP contribution in [0.4, 0.5) is 5.69 Å². The van der Waals surface area contributed by atoms with Gasteiger partial charge in [-0.15, -0.1) is 0 Å². The molecule has 1 aromatic heterocycles. The molecule has 142 valence electrons. The van der Waals surface area contributed by atoms with Crippen LogP contribution >= 0.6 is 11.3 Å². The van der Waals surface area contributed by atoms with Crippen LogP contribution in [0.1, 0.15) is 32.8 Å². The Morgan fingerprint density at radius 2 is 1.89 bits per heavy atom. The largest absolute Gasteiger partial charge is 0.481 e. The first-order valence-corrected chi connectivity index (χ1v) is 10.1. The SMILES string of the molecule is CCc1ccc(O[C@H](CC)C(=O)Nc2ccc3c(c2)sc(=O)n3CC)cc1. The summed E-state index contributed by atoms with van der Waals surface area (Å²) in [7, 11) is 0. The van der Waals surface area contributed by atoms with Gasteiger partial charge in [-0.05, 0) is 55.7 Å². The maximum atomic E-state index is 12.6. The van der Waals surface area contributed by atoms with Crippen LogP contribution < -0.4 is 14.9 Å². The van der Waals surface area contributed by atoms with Gasteiger partial charge in [0.2, 0.25) is 0 Å². The van der Waals surface area contributed by atoms with Crippen LogP contribution in [0.3, 0.4) is 0 Å². The van der Waals surface area contributed by atoms with Crippen molar-refractivity contribution in [1.82, 2.24) is 4.57 Å². The van der Waals surface area contributed by atoms with Gasteiger partial charge in [-0.25, -0.2) is 0 Å². The minimum atomic E-state index is -0.577. The average molecular weight is 385 g/mol. The third-order valence-corrected chi connectivity index (χ3v) is 5.47. The van der Waals surface area contributed by atoms with Gasteiger partial charge in [0.1, 0.15) is 5.75 Å². The second kappa shape index (κ2) is 8.39. The molecular formula is C21H24N2O3S. The van der Waals surface area contributed by atoms with E-state index >= 15 is 0 Å². The summed E-state index contributed by atoms with van der Waals surface area (Å²) in [6, 6.07) is 13.3. The molecule has 0 saturated carbocycles. The first-order valence-electron chi connectivity index (χ1n) is 9.25. The van der Waals surface area contributed by atoms with Gasteiger partial charge in [0, 0.05) is 12.2 Å². The van der Waals surface area contributed by atoms with Gasteiger partial charge in [-0.1, -0.05) is 37.3 Å². The van der Waals surface area contributed by atoms with Gasteiger partial charge in [0.25, 0.3) is 5.91 Å². The van der Waals surface area contributed by atoms with Crippen LogP contribution in [0.15, 0.2) is 47.3 Å². The Labute approximate surface area is 162 Å². The normalized spacial score (nSPS) is 12.1. The fraction of sp³-hybridized carbons (Fsp3) is 0.333. The summed E-state index contributed by atoms with van der Waals surface area (Å²) in [5.41, 5.74) is 2.79. The highest BCUT2D eigenvalue weighted by Crippen LogP contribution is 2.23. The number of ether oxygens (including phenoxy) is 1. The molecule has 1 amide bonds. The summed E-state index contributed by atoms with van der Waals surface area (Å²) < 4.78 is 8.45. The molecule has 0 spiro atoms. The first-order chi connectivity index (χ1) is 13.0. The molecule has 1 heterocycles. The quantitative estimate of drug-likeness (QED) is 0.655. The van der Waals surface area contributed by atoms with Crippen LogP contribution in [0.2, 0.25) is 0 Å². The van der Waals surface area contributed by atoms with E-state index in [1.54, 1.807) is 4.57 Å². The van der Waals surface area contributed by atoms with Gasteiger partial charge in [0.05, 0.1) is 10.2 Å². The lowest BCUT2D eigenvalue weighted by Gasteiger charge is -2.17. The number of aryl methyl sites for hydroxylation is 2. The van der Waals surface area contributed by atoms with Gasteiger partial charge in [0.15, 0.2) is 6.10 Å². The highest BCUT2D eigenvalue weighted by Gasteiger charge is 2.19. The molecule has 2 aromatic carbocycles. The summed E-state index contributed by atoms with van der Waals surface area (Å²) in [6.45, 7) is 6.59. The molecule has 3 rings (SSSR count). The molecule has 0 unspecified atom stereocenters. The van der Waals surface area contributed by atoms with Gasteiger partial charge in [-0.2, -0.15) is 0 Å². The molecule has 0 aliphatic rings. The van der Waals surface area contributed by atoms with E-state index < -0.39 is 6.10 Å². The molecule has 3 aromatic rings. The number of anilines is 1. The molecule has 6 heteroatoms. The smallest absolute Gasteiger partial charge is 0.308 e. The van der Waals surface area contributed by atoms with Crippen molar-refractivity contribution in [3.05, 3.63) is 57.7 Å². The lowest BCUT2D eigenvalue weighted by atomic mass is 10.1. The number of hydrogen-bond acceptors (Lipinski definition) is 4. The monoisotopic (exact) mass is 384 g/mol. The van der Waals surface area contributed by atoms with Crippen LogP contribution in [-0.4, -0.2) is 16.6 Å². The fourth-order valence-electron chi connectivity index (χ4n) is 2.96. The van der Waals surface area contributed by atoms with Crippen molar-refractivity contribution in [2.24, 2.45) is 0 Å². The maximum Gasteiger partial charge on any atom is 0.308 e. The van der Waals surface area contributed by atoms with Crippen molar-refractivity contribution < 1.29 is 9.53 Å². The predicted octanol–water partition coefficient (Wildman–Crippen LogP) is 4.44. The van der Waals surface area contributed by atoms with E-state index in [4.69, 9.17) is 4.74 Å². The van der Waals surface area contributed by atoms with E-state index in [1.165, 1.54) is 16.9 Å². The lowest BCUT2D eigenvalue weighted by molar-refractivity contribution is -0.122. The topological polar surface area (TPSA) is 60.3 Å². The average Bonchev–Trinajstić information content (AvgIpc) is 3.00. The number of amides is 1. The second-order valence-corrected chi connectivity index (χ2v) is 7.29. The Morgan fingerprint density at radius 3 is 2.52 bits per heavy atom. The highest BCUT2D eigenvalue weighted by molar-refractivity contribution is 7.16. The molecule has 0 bridgehead atoms. The molecule has 0 radical (unpaired) electrons. The van der Waals surface area contributed by atoms with Crippen molar-refractivity contribution in [3.8, 4) is 5.75 Å². The molecular weight excluding hydrogens is 360 g/mol. The third-order valence-electron chi connectivity index (χ3n) is 4.53.